The van der Waals surface area contributed by atoms with Gasteiger partial charge in [-0.1, -0.05) is 39.0 Å². The molecular weight excluding hydrogens is 320 g/mol. The number of aliphatic carboxylic acids is 1. The number of aromatic nitrogens is 1. The molecule has 25 heavy (non-hydrogen) atoms. The zero-order chi connectivity index (χ0) is 18.6. The molecule has 1 unspecified atom stereocenters. The van der Waals surface area contributed by atoms with Crippen LogP contribution in [-0.4, -0.2) is 28.0 Å². The second-order valence-corrected chi connectivity index (χ2v) is 7.26. The Morgan fingerprint density at radius 1 is 1.24 bits per heavy atom. The van der Waals surface area contributed by atoms with Gasteiger partial charge in [-0.2, -0.15) is 0 Å². The minimum atomic E-state index is -1.06. The van der Waals surface area contributed by atoms with E-state index in [1.807, 2.05) is 51.1 Å². The molecule has 0 aliphatic rings. The number of hydrogen-bond acceptors (Lipinski definition) is 4. The van der Waals surface area contributed by atoms with Crippen LogP contribution in [0, 0.1) is 12.3 Å². The second kappa shape index (κ2) is 7.51. The van der Waals surface area contributed by atoms with E-state index in [1.165, 1.54) is 0 Å². The summed E-state index contributed by atoms with van der Waals surface area (Å²) in [6, 6.07) is 8.27. The van der Waals surface area contributed by atoms with E-state index in [9.17, 15) is 14.7 Å². The maximum atomic E-state index is 12.4. The van der Waals surface area contributed by atoms with Crippen molar-refractivity contribution in [2.24, 2.45) is 5.41 Å². The first-order chi connectivity index (χ1) is 11.7. The molecule has 0 aliphatic heterocycles. The Balaban J connectivity index is 2.14. The molecule has 1 heterocycles. The van der Waals surface area contributed by atoms with Crippen LogP contribution in [0.2, 0.25) is 0 Å². The van der Waals surface area contributed by atoms with Gasteiger partial charge >= 0.3 is 5.97 Å². The molecule has 0 saturated heterocycles. The minimum absolute atomic E-state index is 0.0128. The van der Waals surface area contributed by atoms with Crippen molar-refractivity contribution < 1.29 is 19.1 Å². The van der Waals surface area contributed by atoms with Crippen molar-refractivity contribution in [2.75, 3.05) is 0 Å². The van der Waals surface area contributed by atoms with E-state index >= 15 is 0 Å². The molecule has 6 heteroatoms. The van der Waals surface area contributed by atoms with Crippen molar-refractivity contribution in [1.29, 1.82) is 0 Å². The first-order valence-electron chi connectivity index (χ1n) is 8.24. The quantitative estimate of drug-likeness (QED) is 0.834. The Morgan fingerprint density at radius 3 is 2.44 bits per heavy atom. The smallest absolute Gasteiger partial charge is 0.326 e. The van der Waals surface area contributed by atoms with Gasteiger partial charge in [0, 0.05) is 5.56 Å². The molecule has 2 N–H and O–H groups in total. The number of carboxylic acids is 1. The van der Waals surface area contributed by atoms with Crippen molar-refractivity contribution in [3.63, 3.8) is 0 Å². The summed E-state index contributed by atoms with van der Waals surface area (Å²) in [5.74, 6) is -1.24. The van der Waals surface area contributed by atoms with Crippen molar-refractivity contribution >= 4 is 11.9 Å². The molecule has 0 radical (unpaired) electrons. The third kappa shape index (κ3) is 5.17. The highest BCUT2D eigenvalue weighted by Crippen LogP contribution is 2.23. The van der Waals surface area contributed by atoms with Gasteiger partial charge in [-0.25, -0.2) is 9.78 Å². The first-order valence-corrected chi connectivity index (χ1v) is 8.24. The average Bonchev–Trinajstić information content (AvgIpc) is 2.93. The Hall–Kier alpha value is -2.63. The molecule has 2 rings (SSSR count). The summed E-state index contributed by atoms with van der Waals surface area (Å²) in [5, 5.41) is 11.9. The fourth-order valence-corrected chi connectivity index (χ4v) is 2.37. The van der Waals surface area contributed by atoms with Crippen LogP contribution in [-0.2, 0) is 4.79 Å². The molecule has 134 valence electrons. The van der Waals surface area contributed by atoms with Crippen LogP contribution in [0.25, 0.3) is 11.5 Å². The largest absolute Gasteiger partial charge is 0.480 e. The zero-order valence-corrected chi connectivity index (χ0v) is 15.0. The SMILES string of the molecule is Cc1nc(-c2ccccc2)oc1C(=O)NC(CCC(C)(C)C)C(=O)O. The van der Waals surface area contributed by atoms with Gasteiger partial charge in [-0.15, -0.1) is 0 Å². The van der Waals surface area contributed by atoms with Crippen LogP contribution < -0.4 is 5.32 Å². The average molecular weight is 344 g/mol. The van der Waals surface area contributed by atoms with E-state index in [0.29, 0.717) is 24.4 Å². The summed E-state index contributed by atoms with van der Waals surface area (Å²) in [6.45, 7) is 7.75. The number of rotatable bonds is 6. The van der Waals surface area contributed by atoms with E-state index in [4.69, 9.17) is 4.42 Å². The lowest BCUT2D eigenvalue weighted by Gasteiger charge is -2.21. The van der Waals surface area contributed by atoms with E-state index in [2.05, 4.69) is 10.3 Å². The predicted molar refractivity (Wildman–Crippen MR) is 94.3 cm³/mol. The van der Waals surface area contributed by atoms with Crippen molar-refractivity contribution in [2.45, 2.75) is 46.6 Å². The molecule has 1 amide bonds. The summed E-state index contributed by atoms with van der Waals surface area (Å²) in [4.78, 5) is 28.1. The molecule has 0 fully saturated rings. The molecule has 2 aromatic rings. The monoisotopic (exact) mass is 344 g/mol. The van der Waals surface area contributed by atoms with Gasteiger partial charge in [0.2, 0.25) is 11.7 Å². The van der Waals surface area contributed by atoms with Crippen LogP contribution in [0.5, 0.6) is 0 Å². The maximum absolute atomic E-state index is 12.4. The van der Waals surface area contributed by atoms with Crippen LogP contribution in [0.4, 0.5) is 0 Å². The summed E-state index contributed by atoms with van der Waals surface area (Å²) in [7, 11) is 0. The topological polar surface area (TPSA) is 92.4 Å². The van der Waals surface area contributed by atoms with Crippen LogP contribution >= 0.6 is 0 Å². The van der Waals surface area contributed by atoms with Crippen LogP contribution in [0.1, 0.15) is 49.9 Å². The lowest BCUT2D eigenvalue weighted by molar-refractivity contribution is -0.139. The Morgan fingerprint density at radius 2 is 1.88 bits per heavy atom. The molecule has 1 aromatic heterocycles. The highest BCUT2D eigenvalue weighted by atomic mass is 16.4. The molecule has 0 spiro atoms. The first kappa shape index (κ1) is 18.7. The van der Waals surface area contributed by atoms with Gasteiger partial charge in [-0.3, -0.25) is 4.79 Å². The van der Waals surface area contributed by atoms with Crippen LogP contribution in [0.15, 0.2) is 34.7 Å². The normalized spacial score (nSPS) is 12.6. The van der Waals surface area contributed by atoms with E-state index in [-0.39, 0.29) is 11.2 Å². The summed E-state index contributed by atoms with van der Waals surface area (Å²) >= 11 is 0. The standard InChI is InChI=1S/C19H24N2O4/c1-12-15(25-17(20-12)13-8-6-5-7-9-13)16(22)21-14(18(23)24)10-11-19(2,3)4/h5-9,14H,10-11H2,1-4H3,(H,21,22)(H,23,24). The van der Waals surface area contributed by atoms with Crippen molar-refractivity contribution in [1.82, 2.24) is 10.3 Å². The zero-order valence-electron chi connectivity index (χ0n) is 15.0. The molecule has 0 saturated carbocycles. The molecule has 1 atom stereocenters. The Kier molecular flexibility index (Phi) is 5.62. The number of nitrogens with zero attached hydrogens (tertiary/aromatic N) is 1. The van der Waals surface area contributed by atoms with Crippen LogP contribution in [0.3, 0.4) is 0 Å². The lowest BCUT2D eigenvalue weighted by Crippen LogP contribution is -2.41. The molecule has 1 aromatic carbocycles. The van der Waals surface area contributed by atoms with E-state index in [0.717, 1.165) is 5.56 Å². The van der Waals surface area contributed by atoms with Gasteiger partial charge in [0.1, 0.15) is 6.04 Å². The van der Waals surface area contributed by atoms with Crippen molar-refractivity contribution in [3.8, 4) is 11.5 Å². The number of carbonyl (C=O) groups is 2. The third-order valence-corrected chi connectivity index (χ3v) is 3.81. The highest BCUT2D eigenvalue weighted by Gasteiger charge is 2.26. The maximum Gasteiger partial charge on any atom is 0.326 e. The number of oxazole rings is 1. The summed E-state index contributed by atoms with van der Waals surface area (Å²) < 4.78 is 5.57. The number of hydrogen-bond donors (Lipinski definition) is 2. The molecule has 6 nitrogen and oxygen atoms in total. The Bertz CT molecular complexity index is 745. The van der Waals surface area contributed by atoms with E-state index in [1.54, 1.807) is 6.92 Å². The molecular formula is C19H24N2O4. The van der Waals surface area contributed by atoms with Gasteiger partial charge < -0.3 is 14.8 Å². The Labute approximate surface area is 147 Å². The number of amides is 1. The number of nitrogens with one attached hydrogen (secondary N) is 1. The number of benzene rings is 1. The number of carbonyl (C=O) groups excluding carboxylic acids is 1. The highest BCUT2D eigenvalue weighted by molar-refractivity contribution is 5.95. The molecule has 0 aliphatic carbocycles. The number of aryl methyl sites for hydroxylation is 1. The predicted octanol–water partition coefficient (Wildman–Crippen LogP) is 3.66. The fraction of sp³-hybridized carbons (Fsp3) is 0.421. The van der Waals surface area contributed by atoms with Gasteiger partial charge in [0.15, 0.2) is 0 Å². The van der Waals surface area contributed by atoms with Gasteiger partial charge in [0.25, 0.3) is 5.91 Å². The lowest BCUT2D eigenvalue weighted by atomic mass is 9.88. The van der Waals surface area contributed by atoms with Crippen molar-refractivity contribution in [3.05, 3.63) is 41.8 Å². The van der Waals surface area contributed by atoms with E-state index < -0.39 is 17.9 Å². The van der Waals surface area contributed by atoms with Gasteiger partial charge in [0.05, 0.1) is 5.69 Å². The summed E-state index contributed by atoms with van der Waals surface area (Å²) in [5.41, 5.74) is 1.17. The number of carboxylic acid groups (broad SMARTS) is 1. The third-order valence-electron chi connectivity index (χ3n) is 3.81. The summed E-state index contributed by atoms with van der Waals surface area (Å²) in [6.07, 6.45) is 1.03. The minimum Gasteiger partial charge on any atom is -0.480 e. The van der Waals surface area contributed by atoms with Gasteiger partial charge in [-0.05, 0) is 37.3 Å². The molecule has 0 bridgehead atoms. The second-order valence-electron chi connectivity index (χ2n) is 7.26. The fourth-order valence-electron chi connectivity index (χ4n) is 2.37.